The summed E-state index contributed by atoms with van der Waals surface area (Å²) >= 11 is 0. The Balaban J connectivity index is 1.06. The van der Waals surface area contributed by atoms with E-state index < -0.39 is 0 Å². The van der Waals surface area contributed by atoms with Gasteiger partial charge in [-0.2, -0.15) is 0 Å². The van der Waals surface area contributed by atoms with Gasteiger partial charge in [0.15, 0.2) is 0 Å². The largest absolute Gasteiger partial charge is 0.317 e. The molecule has 254 valence electrons. The standard InChI is InChI=1S/C50H34N4/c1-4-14-35(15-5-1)51-33-32-43-45(51)30-31-49-50(43)42-21-11-13-23-47(42)54(49)39-26-24-38(25-27-39)52(36-16-6-2-7-17-36)40-28-29-48-44(34-40)41-20-10-12-22-46(41)53(48)37-18-8-3-9-19-37/h1-34H. The summed E-state index contributed by atoms with van der Waals surface area (Å²) in [5.74, 6) is 0. The van der Waals surface area contributed by atoms with Crippen molar-refractivity contribution in [2.45, 2.75) is 0 Å². The predicted octanol–water partition coefficient (Wildman–Crippen LogP) is 13.3. The predicted molar refractivity (Wildman–Crippen MR) is 227 cm³/mol. The lowest BCUT2D eigenvalue weighted by Crippen LogP contribution is -2.10. The normalized spacial score (nSPS) is 11.7. The first-order chi connectivity index (χ1) is 26.8. The SMILES string of the molecule is c1ccc(N(c2ccc(-n3c4ccccc4c4c5ccn(-c6ccccc6)c5ccc43)cc2)c2ccc3c(c2)c2ccccc2n3-c2ccccc2)cc1. The monoisotopic (exact) mass is 690 g/mol. The molecule has 0 aliphatic heterocycles. The van der Waals surface area contributed by atoms with E-state index in [1.807, 2.05) is 0 Å². The van der Waals surface area contributed by atoms with E-state index in [4.69, 9.17) is 0 Å². The maximum atomic E-state index is 2.41. The molecule has 0 radical (unpaired) electrons. The molecular weight excluding hydrogens is 657 g/mol. The summed E-state index contributed by atoms with van der Waals surface area (Å²) in [4.78, 5) is 2.36. The molecule has 0 fully saturated rings. The van der Waals surface area contributed by atoms with Crippen molar-refractivity contribution < 1.29 is 0 Å². The van der Waals surface area contributed by atoms with Gasteiger partial charge in [-0.15, -0.1) is 0 Å². The van der Waals surface area contributed by atoms with Crippen LogP contribution in [0, 0.1) is 0 Å². The van der Waals surface area contributed by atoms with Crippen LogP contribution in [0.4, 0.5) is 17.1 Å². The van der Waals surface area contributed by atoms with E-state index in [-0.39, 0.29) is 0 Å². The summed E-state index contributed by atoms with van der Waals surface area (Å²) in [6.07, 6.45) is 2.19. The molecule has 54 heavy (non-hydrogen) atoms. The molecule has 3 aromatic heterocycles. The van der Waals surface area contributed by atoms with Crippen LogP contribution < -0.4 is 4.90 Å². The lowest BCUT2D eigenvalue weighted by atomic mass is 10.1. The minimum Gasteiger partial charge on any atom is -0.317 e. The highest BCUT2D eigenvalue weighted by molar-refractivity contribution is 6.21. The van der Waals surface area contributed by atoms with E-state index in [1.165, 1.54) is 54.5 Å². The average molecular weight is 691 g/mol. The highest BCUT2D eigenvalue weighted by atomic mass is 15.1. The average Bonchev–Trinajstić information content (AvgIpc) is 3.92. The highest BCUT2D eigenvalue weighted by Crippen LogP contribution is 2.41. The second-order valence-electron chi connectivity index (χ2n) is 13.8. The van der Waals surface area contributed by atoms with Crippen LogP contribution in [0.1, 0.15) is 0 Å². The molecule has 3 heterocycles. The Kier molecular flexibility index (Phi) is 6.82. The molecule has 4 heteroatoms. The quantitative estimate of drug-likeness (QED) is 0.170. The number of hydrogen-bond donors (Lipinski definition) is 0. The van der Waals surface area contributed by atoms with Gasteiger partial charge in [0.2, 0.25) is 0 Å². The minimum atomic E-state index is 1.10. The zero-order valence-corrected chi connectivity index (χ0v) is 29.4. The van der Waals surface area contributed by atoms with Gasteiger partial charge in [0, 0.05) is 67.3 Å². The number of para-hydroxylation sites is 5. The van der Waals surface area contributed by atoms with Crippen LogP contribution in [-0.2, 0) is 0 Å². The molecule has 11 rings (SSSR count). The number of benzene rings is 8. The van der Waals surface area contributed by atoms with Crippen molar-refractivity contribution in [1.29, 1.82) is 0 Å². The first kappa shape index (κ1) is 30.3. The molecule has 8 aromatic carbocycles. The molecule has 0 atom stereocenters. The number of fused-ring (bicyclic) bond motifs is 8. The van der Waals surface area contributed by atoms with Gasteiger partial charge in [-0.3, -0.25) is 0 Å². The van der Waals surface area contributed by atoms with Gasteiger partial charge in [-0.25, -0.2) is 0 Å². The van der Waals surface area contributed by atoms with Crippen LogP contribution in [-0.4, -0.2) is 13.7 Å². The molecule has 0 unspecified atom stereocenters. The number of nitrogens with zero attached hydrogens (tertiary/aromatic N) is 4. The summed E-state index contributed by atoms with van der Waals surface area (Å²) in [6.45, 7) is 0. The fourth-order valence-electron chi connectivity index (χ4n) is 8.51. The fraction of sp³-hybridized carbons (Fsp3) is 0. The maximum Gasteiger partial charge on any atom is 0.0548 e. The molecular formula is C50H34N4. The molecule has 11 aromatic rings. The van der Waals surface area contributed by atoms with Crippen LogP contribution in [0.2, 0.25) is 0 Å². The van der Waals surface area contributed by atoms with Crippen molar-refractivity contribution in [1.82, 2.24) is 13.7 Å². The van der Waals surface area contributed by atoms with Crippen LogP contribution >= 0.6 is 0 Å². The summed E-state index contributed by atoms with van der Waals surface area (Å²) < 4.78 is 7.06. The van der Waals surface area contributed by atoms with Crippen molar-refractivity contribution in [3.63, 3.8) is 0 Å². The Labute approximate surface area is 312 Å². The zero-order chi connectivity index (χ0) is 35.6. The second-order valence-corrected chi connectivity index (χ2v) is 13.8. The molecule has 0 amide bonds. The van der Waals surface area contributed by atoms with E-state index in [0.717, 1.165) is 34.1 Å². The van der Waals surface area contributed by atoms with Gasteiger partial charge in [0.1, 0.15) is 0 Å². The van der Waals surface area contributed by atoms with Crippen molar-refractivity contribution >= 4 is 71.6 Å². The third kappa shape index (κ3) is 4.64. The summed E-state index contributed by atoms with van der Waals surface area (Å²) in [6, 6.07) is 72.1. The van der Waals surface area contributed by atoms with E-state index in [1.54, 1.807) is 0 Å². The number of rotatable bonds is 6. The first-order valence-corrected chi connectivity index (χ1v) is 18.4. The molecule has 0 N–H and O–H groups in total. The Bertz CT molecular complexity index is 3130. The highest BCUT2D eigenvalue weighted by Gasteiger charge is 2.19. The Morgan fingerprint density at radius 1 is 0.296 bits per heavy atom. The third-order valence-corrected chi connectivity index (χ3v) is 10.8. The molecule has 0 saturated carbocycles. The van der Waals surface area contributed by atoms with E-state index in [9.17, 15) is 0 Å². The van der Waals surface area contributed by atoms with E-state index >= 15 is 0 Å². The van der Waals surface area contributed by atoms with E-state index in [2.05, 4.69) is 225 Å². The smallest absolute Gasteiger partial charge is 0.0548 e. The lowest BCUT2D eigenvalue weighted by Gasteiger charge is -2.26. The van der Waals surface area contributed by atoms with Gasteiger partial charge in [-0.05, 0) is 109 Å². The molecule has 0 saturated heterocycles. The van der Waals surface area contributed by atoms with Gasteiger partial charge < -0.3 is 18.6 Å². The second kappa shape index (κ2) is 12.1. The van der Waals surface area contributed by atoms with Crippen molar-refractivity contribution in [2.75, 3.05) is 4.90 Å². The van der Waals surface area contributed by atoms with Crippen molar-refractivity contribution in [3.8, 4) is 17.1 Å². The Morgan fingerprint density at radius 2 is 0.778 bits per heavy atom. The van der Waals surface area contributed by atoms with Crippen molar-refractivity contribution in [3.05, 3.63) is 206 Å². The molecule has 0 spiro atoms. The van der Waals surface area contributed by atoms with Gasteiger partial charge >= 0.3 is 0 Å². The van der Waals surface area contributed by atoms with Gasteiger partial charge in [0.25, 0.3) is 0 Å². The van der Waals surface area contributed by atoms with Crippen LogP contribution in [0.15, 0.2) is 206 Å². The molecule has 4 nitrogen and oxygen atoms in total. The summed E-state index contributed by atoms with van der Waals surface area (Å²) in [5, 5.41) is 6.24. The Morgan fingerprint density at radius 3 is 1.52 bits per heavy atom. The zero-order valence-electron chi connectivity index (χ0n) is 29.4. The molecule has 0 bridgehead atoms. The fourth-order valence-corrected chi connectivity index (χ4v) is 8.51. The third-order valence-electron chi connectivity index (χ3n) is 10.8. The van der Waals surface area contributed by atoms with Crippen LogP contribution in [0.25, 0.3) is 71.6 Å². The Hall–Kier alpha value is -7.30. The topological polar surface area (TPSA) is 18.0 Å². The van der Waals surface area contributed by atoms with Gasteiger partial charge in [0.05, 0.1) is 27.6 Å². The lowest BCUT2D eigenvalue weighted by molar-refractivity contribution is 1.13. The maximum absolute atomic E-state index is 2.41. The van der Waals surface area contributed by atoms with Crippen molar-refractivity contribution in [2.24, 2.45) is 0 Å². The van der Waals surface area contributed by atoms with E-state index in [0.29, 0.717) is 0 Å². The number of aromatic nitrogens is 3. The molecule has 0 aliphatic carbocycles. The number of anilines is 3. The van der Waals surface area contributed by atoms with Crippen LogP contribution in [0.3, 0.4) is 0 Å². The number of hydrogen-bond acceptors (Lipinski definition) is 1. The van der Waals surface area contributed by atoms with Crippen LogP contribution in [0.5, 0.6) is 0 Å². The molecule has 0 aliphatic rings. The van der Waals surface area contributed by atoms with Gasteiger partial charge in [-0.1, -0.05) is 91.0 Å². The minimum absolute atomic E-state index is 1.10. The summed E-state index contributed by atoms with van der Waals surface area (Å²) in [5.41, 5.74) is 12.7. The summed E-state index contributed by atoms with van der Waals surface area (Å²) in [7, 11) is 0. The first-order valence-electron chi connectivity index (χ1n) is 18.4.